The van der Waals surface area contributed by atoms with Crippen LogP contribution in [0.1, 0.15) is 12.0 Å². The van der Waals surface area contributed by atoms with Gasteiger partial charge in [0.15, 0.2) is 6.10 Å². The summed E-state index contributed by atoms with van der Waals surface area (Å²) < 4.78 is 38.0. The Morgan fingerprint density at radius 3 is 2.26 bits per heavy atom. The molecule has 0 aliphatic carbocycles. The lowest BCUT2D eigenvalue weighted by Crippen LogP contribution is -2.30. The van der Waals surface area contributed by atoms with E-state index in [0.29, 0.717) is 5.56 Å². The third kappa shape index (κ3) is 6.21. The summed E-state index contributed by atoms with van der Waals surface area (Å²) in [5.74, 6) is -2.10. The van der Waals surface area contributed by atoms with E-state index < -0.39 is 33.9 Å². The van der Waals surface area contributed by atoms with Gasteiger partial charge in [0, 0.05) is 12.0 Å². The smallest absolute Gasteiger partial charge is 0.336 e. The van der Waals surface area contributed by atoms with E-state index in [-0.39, 0.29) is 12.0 Å². The minimum atomic E-state index is -4.06. The van der Waals surface area contributed by atoms with Gasteiger partial charge in [-0.05, 0) is 5.56 Å². The predicted molar refractivity (Wildman–Crippen MR) is 81.7 cm³/mol. The van der Waals surface area contributed by atoms with E-state index in [2.05, 4.69) is 16.1 Å². The van der Waals surface area contributed by atoms with Crippen LogP contribution in [-0.2, 0) is 39.1 Å². The van der Waals surface area contributed by atoms with Gasteiger partial charge in [0.1, 0.15) is 5.75 Å². The number of esters is 2. The Morgan fingerprint density at radius 1 is 1.13 bits per heavy atom. The number of rotatable bonds is 8. The molecule has 1 atom stereocenters. The maximum atomic E-state index is 12.1. The summed E-state index contributed by atoms with van der Waals surface area (Å²) in [4.78, 5) is 23.0. The van der Waals surface area contributed by atoms with Crippen molar-refractivity contribution >= 4 is 22.1 Å². The Bertz CT molecular complexity index is 664. The van der Waals surface area contributed by atoms with Gasteiger partial charge in [0.2, 0.25) is 0 Å². The van der Waals surface area contributed by atoms with Crippen LogP contribution in [0.3, 0.4) is 0 Å². The summed E-state index contributed by atoms with van der Waals surface area (Å²) in [6, 6.07) is 8.33. The van der Waals surface area contributed by atoms with Crippen molar-refractivity contribution in [3.05, 3.63) is 48.0 Å². The van der Waals surface area contributed by atoms with E-state index >= 15 is 0 Å². The highest BCUT2D eigenvalue weighted by molar-refractivity contribution is 7.85. The highest BCUT2D eigenvalue weighted by Crippen LogP contribution is 2.16. The Labute approximate surface area is 135 Å². The van der Waals surface area contributed by atoms with Gasteiger partial charge < -0.3 is 9.47 Å². The molecule has 0 aromatic heterocycles. The second kappa shape index (κ2) is 8.44. The van der Waals surface area contributed by atoms with Crippen LogP contribution in [0.2, 0.25) is 0 Å². The van der Waals surface area contributed by atoms with Crippen molar-refractivity contribution in [3.8, 4) is 0 Å². The third-order valence-corrected chi connectivity index (χ3v) is 4.03. The largest absolute Gasteiger partial charge is 0.467 e. The maximum Gasteiger partial charge on any atom is 0.336 e. The van der Waals surface area contributed by atoms with Crippen molar-refractivity contribution in [2.45, 2.75) is 18.3 Å². The lowest BCUT2D eigenvalue weighted by atomic mass is 10.1. The Kier molecular flexibility index (Phi) is 6.92. The zero-order valence-electron chi connectivity index (χ0n) is 12.9. The predicted octanol–water partition coefficient (Wildman–Crippen LogP) is 1.19. The van der Waals surface area contributed by atoms with Crippen LogP contribution in [0.5, 0.6) is 0 Å². The molecule has 0 fully saturated rings. The molecular formula is C15H18O7S. The fourth-order valence-corrected chi connectivity index (χ4v) is 2.90. The van der Waals surface area contributed by atoms with Crippen LogP contribution >= 0.6 is 0 Å². The first-order chi connectivity index (χ1) is 10.8. The lowest BCUT2D eigenvalue weighted by Gasteiger charge is -2.16. The molecule has 0 amide bonds. The molecule has 0 spiro atoms. The highest BCUT2D eigenvalue weighted by atomic mass is 32.2. The molecule has 7 nitrogen and oxygen atoms in total. The summed E-state index contributed by atoms with van der Waals surface area (Å²) in [7, 11) is -1.83. The minimum Gasteiger partial charge on any atom is -0.467 e. The van der Waals surface area contributed by atoms with Crippen LogP contribution in [0.15, 0.2) is 42.5 Å². The topological polar surface area (TPSA) is 96.0 Å². The fourth-order valence-electron chi connectivity index (χ4n) is 1.73. The van der Waals surface area contributed by atoms with E-state index in [4.69, 9.17) is 4.18 Å². The van der Waals surface area contributed by atoms with Crippen molar-refractivity contribution in [1.29, 1.82) is 0 Å². The average Bonchev–Trinajstić information content (AvgIpc) is 2.52. The van der Waals surface area contributed by atoms with Gasteiger partial charge in [-0.15, -0.1) is 0 Å². The van der Waals surface area contributed by atoms with Crippen molar-refractivity contribution in [1.82, 2.24) is 0 Å². The number of methoxy groups -OCH3 is 2. The van der Waals surface area contributed by atoms with E-state index in [0.717, 1.165) is 14.2 Å². The number of hydrogen-bond donors (Lipinski definition) is 0. The Morgan fingerprint density at radius 2 is 1.74 bits per heavy atom. The third-order valence-electron chi connectivity index (χ3n) is 2.82. The zero-order chi connectivity index (χ0) is 17.5. The molecule has 0 saturated carbocycles. The first-order valence-electron chi connectivity index (χ1n) is 6.58. The van der Waals surface area contributed by atoms with Gasteiger partial charge in [0.25, 0.3) is 10.1 Å². The molecule has 0 aliphatic heterocycles. The summed E-state index contributed by atoms with van der Waals surface area (Å²) in [5.41, 5.74) is 0.403. The quantitative estimate of drug-likeness (QED) is 0.398. The monoisotopic (exact) mass is 342 g/mol. The van der Waals surface area contributed by atoms with Crippen molar-refractivity contribution < 1.29 is 31.7 Å². The zero-order valence-corrected chi connectivity index (χ0v) is 13.7. The van der Waals surface area contributed by atoms with Gasteiger partial charge in [-0.25, -0.2) is 9.59 Å². The van der Waals surface area contributed by atoms with Crippen molar-refractivity contribution in [2.75, 3.05) is 14.2 Å². The Hall–Kier alpha value is -2.19. The van der Waals surface area contributed by atoms with Crippen LogP contribution in [-0.4, -0.2) is 40.7 Å². The number of ether oxygens (including phenoxy) is 2. The molecule has 23 heavy (non-hydrogen) atoms. The molecule has 0 N–H and O–H groups in total. The van der Waals surface area contributed by atoms with Crippen molar-refractivity contribution in [3.63, 3.8) is 0 Å². The highest BCUT2D eigenvalue weighted by Gasteiger charge is 2.29. The molecule has 1 rings (SSSR count). The number of hydrogen-bond acceptors (Lipinski definition) is 7. The second-order valence-electron chi connectivity index (χ2n) is 4.59. The van der Waals surface area contributed by atoms with Crippen LogP contribution in [0.4, 0.5) is 0 Å². The number of carbonyl (C=O) groups is 2. The van der Waals surface area contributed by atoms with Crippen LogP contribution < -0.4 is 0 Å². The first-order valence-corrected chi connectivity index (χ1v) is 8.15. The van der Waals surface area contributed by atoms with Gasteiger partial charge in [-0.1, -0.05) is 36.9 Å². The molecule has 0 radical (unpaired) electrons. The average molecular weight is 342 g/mol. The van der Waals surface area contributed by atoms with E-state index in [9.17, 15) is 18.0 Å². The number of benzene rings is 1. The molecule has 1 unspecified atom stereocenters. The van der Waals surface area contributed by atoms with E-state index in [1.807, 2.05) is 0 Å². The maximum absolute atomic E-state index is 12.1. The molecule has 0 bridgehead atoms. The van der Waals surface area contributed by atoms with Gasteiger partial charge in [0.05, 0.1) is 14.2 Å². The lowest BCUT2D eigenvalue weighted by molar-refractivity contribution is -0.148. The van der Waals surface area contributed by atoms with Crippen LogP contribution in [0, 0.1) is 0 Å². The van der Waals surface area contributed by atoms with Crippen molar-refractivity contribution in [2.24, 2.45) is 0 Å². The second-order valence-corrected chi connectivity index (χ2v) is 6.19. The molecule has 1 aromatic rings. The SMILES string of the molecule is C=C(CC(OS(=O)(=O)Cc1ccccc1)C(=O)OC)C(=O)OC. The van der Waals surface area contributed by atoms with E-state index in [1.165, 1.54) is 0 Å². The summed E-state index contributed by atoms with van der Waals surface area (Å²) >= 11 is 0. The summed E-state index contributed by atoms with van der Waals surface area (Å²) in [6.07, 6.45) is -1.85. The molecule has 0 heterocycles. The minimum absolute atomic E-state index is 0.0992. The molecular weight excluding hydrogens is 324 g/mol. The van der Waals surface area contributed by atoms with Crippen LogP contribution in [0.25, 0.3) is 0 Å². The fraction of sp³-hybridized carbons (Fsp3) is 0.333. The molecule has 0 saturated heterocycles. The summed E-state index contributed by atoms with van der Waals surface area (Å²) in [6.45, 7) is 3.44. The van der Waals surface area contributed by atoms with E-state index in [1.54, 1.807) is 30.3 Å². The number of carbonyl (C=O) groups excluding carboxylic acids is 2. The van der Waals surface area contributed by atoms with Gasteiger partial charge in [-0.3, -0.25) is 4.18 Å². The summed E-state index contributed by atoms with van der Waals surface area (Å²) in [5, 5.41) is 0. The molecule has 8 heteroatoms. The first kappa shape index (κ1) is 18.9. The molecule has 0 aliphatic rings. The molecule has 1 aromatic carbocycles. The molecule has 126 valence electrons. The van der Waals surface area contributed by atoms with Gasteiger partial charge >= 0.3 is 11.9 Å². The Balaban J connectivity index is 2.85. The standard InChI is InChI=1S/C15H18O7S/c1-11(14(16)20-2)9-13(15(17)21-3)22-23(18,19)10-12-7-5-4-6-8-12/h4-8,13H,1,9-10H2,2-3H3. The van der Waals surface area contributed by atoms with Gasteiger partial charge in [-0.2, -0.15) is 8.42 Å². The normalized spacial score (nSPS) is 12.3.